The molecule has 7 heteroatoms. The summed E-state index contributed by atoms with van der Waals surface area (Å²) in [6, 6.07) is 0. The number of hydrogen-bond donors (Lipinski definition) is 4. The van der Waals surface area contributed by atoms with Crippen molar-refractivity contribution in [1.29, 1.82) is 0 Å². The summed E-state index contributed by atoms with van der Waals surface area (Å²) in [5.41, 5.74) is 4.68. The van der Waals surface area contributed by atoms with Crippen molar-refractivity contribution >= 4 is 25.5 Å². The molecule has 0 aromatic heterocycles. The second-order valence-electron chi connectivity index (χ2n) is 4.49. The van der Waals surface area contributed by atoms with Gasteiger partial charge in [0, 0.05) is 0 Å². The van der Waals surface area contributed by atoms with E-state index in [-0.39, 0.29) is 30.6 Å². The Morgan fingerprint density at radius 2 is 2.12 bits per heavy atom. The monoisotopic (exact) mass is 251 g/mol. The van der Waals surface area contributed by atoms with Gasteiger partial charge in [-0.2, -0.15) is 0 Å². The van der Waals surface area contributed by atoms with Crippen LogP contribution in [0.5, 0.6) is 0 Å². The lowest BCUT2D eigenvalue weighted by atomic mass is 9.76. The fraction of sp³-hybridized carbons (Fsp3) is 0.889. The van der Waals surface area contributed by atoms with Gasteiger partial charge in [-0.1, -0.05) is 13.3 Å². The highest BCUT2D eigenvalue weighted by Crippen LogP contribution is 2.41. The molecule has 3 atom stereocenters. The van der Waals surface area contributed by atoms with Gasteiger partial charge < -0.3 is 20.9 Å². The molecule has 0 saturated heterocycles. The standard InChI is InChI=1S/C9H18BNO4.ClH/c1-6-7(3-5-10(14)15)2-4-9(6,11)8(12)13;/h6-7,14-15H,2-5,11H2,1H3,(H,12,13);1H/t6-,7-,9?;/m0./s1. The van der Waals surface area contributed by atoms with E-state index < -0.39 is 18.6 Å². The second kappa shape index (κ2) is 5.86. The van der Waals surface area contributed by atoms with E-state index in [0.29, 0.717) is 12.8 Å². The quantitative estimate of drug-likeness (QED) is 0.531. The first-order valence-electron chi connectivity index (χ1n) is 5.26. The Balaban J connectivity index is 0.00000225. The first kappa shape index (κ1) is 15.7. The van der Waals surface area contributed by atoms with E-state index in [4.69, 9.17) is 20.9 Å². The lowest BCUT2D eigenvalue weighted by Crippen LogP contribution is -2.51. The predicted octanol–water partition coefficient (Wildman–Crippen LogP) is 0.0993. The Hall–Kier alpha value is -0.295. The largest absolute Gasteiger partial charge is 0.480 e. The zero-order chi connectivity index (χ0) is 11.6. The van der Waals surface area contributed by atoms with E-state index >= 15 is 0 Å². The highest BCUT2D eigenvalue weighted by Gasteiger charge is 2.48. The lowest BCUT2D eigenvalue weighted by Gasteiger charge is -2.26. The number of carboxylic acid groups (broad SMARTS) is 1. The summed E-state index contributed by atoms with van der Waals surface area (Å²) in [5.74, 6) is -0.899. The third-order valence-electron chi connectivity index (χ3n) is 3.64. The Morgan fingerprint density at radius 1 is 1.56 bits per heavy atom. The fourth-order valence-electron chi connectivity index (χ4n) is 2.38. The average molecular weight is 252 g/mol. The third kappa shape index (κ3) is 3.10. The molecule has 0 amide bonds. The molecule has 0 aliphatic heterocycles. The van der Waals surface area contributed by atoms with Crippen LogP contribution < -0.4 is 5.73 Å². The van der Waals surface area contributed by atoms with Crippen molar-refractivity contribution in [2.45, 2.75) is 38.0 Å². The number of carbonyl (C=O) groups is 1. The molecule has 1 saturated carbocycles. The highest BCUT2D eigenvalue weighted by molar-refractivity contribution is 6.40. The van der Waals surface area contributed by atoms with Crippen molar-refractivity contribution in [2.24, 2.45) is 17.6 Å². The van der Waals surface area contributed by atoms with E-state index in [9.17, 15) is 4.79 Å². The van der Waals surface area contributed by atoms with Gasteiger partial charge in [0.2, 0.25) is 0 Å². The summed E-state index contributed by atoms with van der Waals surface area (Å²) in [5, 5.41) is 26.5. The second-order valence-corrected chi connectivity index (χ2v) is 4.49. The van der Waals surface area contributed by atoms with E-state index in [1.165, 1.54) is 0 Å². The first-order chi connectivity index (χ1) is 6.88. The van der Waals surface area contributed by atoms with Crippen LogP contribution in [0.1, 0.15) is 26.2 Å². The van der Waals surface area contributed by atoms with Crippen LogP contribution in [0.4, 0.5) is 0 Å². The minimum atomic E-state index is -1.31. The number of rotatable bonds is 4. The Morgan fingerprint density at radius 3 is 2.50 bits per heavy atom. The van der Waals surface area contributed by atoms with E-state index in [2.05, 4.69) is 0 Å². The van der Waals surface area contributed by atoms with Crippen molar-refractivity contribution < 1.29 is 19.9 Å². The SMILES string of the molecule is C[C@H]1[C@H](CCB(O)O)CCC1(N)C(=O)O.Cl. The predicted molar refractivity (Wildman–Crippen MR) is 63.3 cm³/mol. The maximum atomic E-state index is 11.0. The van der Waals surface area contributed by atoms with Gasteiger partial charge in [-0.3, -0.25) is 4.79 Å². The zero-order valence-electron chi connectivity index (χ0n) is 9.30. The Labute approximate surface area is 102 Å². The average Bonchev–Trinajstić information content (AvgIpc) is 2.42. The van der Waals surface area contributed by atoms with Gasteiger partial charge in [0.15, 0.2) is 0 Å². The van der Waals surface area contributed by atoms with Gasteiger partial charge >= 0.3 is 13.1 Å². The number of halogens is 1. The molecular weight excluding hydrogens is 232 g/mol. The van der Waals surface area contributed by atoms with Gasteiger partial charge in [-0.05, 0) is 31.0 Å². The van der Waals surface area contributed by atoms with E-state index in [1.54, 1.807) is 0 Å². The summed E-state index contributed by atoms with van der Waals surface area (Å²) < 4.78 is 0. The smallest absolute Gasteiger partial charge is 0.451 e. The van der Waals surface area contributed by atoms with Crippen molar-refractivity contribution in [2.75, 3.05) is 0 Å². The molecule has 16 heavy (non-hydrogen) atoms. The molecule has 1 unspecified atom stereocenters. The number of nitrogens with two attached hydrogens (primary N) is 1. The van der Waals surface area contributed by atoms with Crippen LogP contribution in [0, 0.1) is 11.8 Å². The molecule has 1 aliphatic carbocycles. The van der Waals surface area contributed by atoms with Crippen LogP contribution in [0.2, 0.25) is 6.32 Å². The molecule has 0 bridgehead atoms. The molecule has 5 nitrogen and oxygen atoms in total. The van der Waals surface area contributed by atoms with Crippen LogP contribution in [-0.2, 0) is 4.79 Å². The minimum Gasteiger partial charge on any atom is -0.480 e. The van der Waals surface area contributed by atoms with Crippen LogP contribution >= 0.6 is 12.4 Å². The van der Waals surface area contributed by atoms with E-state index in [1.807, 2.05) is 6.92 Å². The zero-order valence-corrected chi connectivity index (χ0v) is 10.1. The van der Waals surface area contributed by atoms with Crippen LogP contribution in [-0.4, -0.2) is 33.8 Å². The molecule has 0 spiro atoms. The van der Waals surface area contributed by atoms with Gasteiger partial charge in [-0.25, -0.2) is 0 Å². The third-order valence-corrected chi connectivity index (χ3v) is 3.64. The summed E-state index contributed by atoms with van der Waals surface area (Å²) >= 11 is 0. The van der Waals surface area contributed by atoms with Crippen LogP contribution in [0.3, 0.4) is 0 Å². The molecule has 0 radical (unpaired) electrons. The van der Waals surface area contributed by atoms with Crippen molar-refractivity contribution in [3.05, 3.63) is 0 Å². The molecule has 5 N–H and O–H groups in total. The normalized spacial score (nSPS) is 33.2. The fourth-order valence-corrected chi connectivity index (χ4v) is 2.38. The number of hydrogen-bond acceptors (Lipinski definition) is 4. The molecule has 0 aromatic rings. The van der Waals surface area contributed by atoms with Gasteiger partial charge in [0.25, 0.3) is 0 Å². The van der Waals surface area contributed by atoms with Crippen LogP contribution in [0.15, 0.2) is 0 Å². The topological polar surface area (TPSA) is 104 Å². The maximum absolute atomic E-state index is 11.0. The molecule has 94 valence electrons. The van der Waals surface area contributed by atoms with Gasteiger partial charge in [0.1, 0.15) is 5.54 Å². The summed E-state index contributed by atoms with van der Waals surface area (Å²) in [6.07, 6.45) is 2.11. The van der Waals surface area contributed by atoms with Gasteiger partial charge in [0.05, 0.1) is 0 Å². The number of aliphatic carboxylic acids is 1. The Bertz CT molecular complexity index is 254. The highest BCUT2D eigenvalue weighted by atomic mass is 35.5. The summed E-state index contributed by atoms with van der Waals surface area (Å²) in [6.45, 7) is 1.83. The molecule has 0 heterocycles. The van der Waals surface area contributed by atoms with Gasteiger partial charge in [-0.15, -0.1) is 12.4 Å². The van der Waals surface area contributed by atoms with E-state index in [0.717, 1.165) is 6.42 Å². The maximum Gasteiger partial charge on any atom is 0.451 e. The first-order valence-corrected chi connectivity index (χ1v) is 5.26. The molecule has 0 aromatic carbocycles. The van der Waals surface area contributed by atoms with Crippen molar-refractivity contribution in [1.82, 2.24) is 0 Å². The summed E-state index contributed by atoms with van der Waals surface area (Å²) in [4.78, 5) is 11.0. The number of carboxylic acids is 1. The van der Waals surface area contributed by atoms with Crippen molar-refractivity contribution in [3.63, 3.8) is 0 Å². The lowest BCUT2D eigenvalue weighted by molar-refractivity contribution is -0.144. The van der Waals surface area contributed by atoms with Crippen molar-refractivity contribution in [3.8, 4) is 0 Å². The Kier molecular flexibility index (Phi) is 5.75. The molecule has 1 fully saturated rings. The molecule has 1 rings (SSSR count). The molecule has 1 aliphatic rings. The summed E-state index contributed by atoms with van der Waals surface area (Å²) in [7, 11) is -1.31. The van der Waals surface area contributed by atoms with Crippen LogP contribution in [0.25, 0.3) is 0 Å². The minimum absolute atomic E-state index is 0. The molecular formula is C9H19BClNO4.